The van der Waals surface area contributed by atoms with Crippen molar-refractivity contribution >= 4 is 0 Å². The zero-order chi connectivity index (χ0) is 10.5. The fourth-order valence-electron chi connectivity index (χ4n) is 6.78. The Labute approximate surface area is 93.0 Å². The number of rotatable bonds is 1. The minimum atomic E-state index is 0.521. The molecule has 1 nitrogen and oxygen atoms in total. The predicted molar refractivity (Wildman–Crippen MR) is 61.6 cm³/mol. The zero-order valence-corrected chi connectivity index (χ0v) is 10.3. The summed E-state index contributed by atoms with van der Waals surface area (Å²) in [5.74, 6) is 1.09. The van der Waals surface area contributed by atoms with Crippen molar-refractivity contribution in [2.45, 2.75) is 57.9 Å². The molecule has 0 aromatic rings. The van der Waals surface area contributed by atoms with Gasteiger partial charge in [0.2, 0.25) is 0 Å². The highest BCUT2D eigenvalue weighted by molar-refractivity contribution is 5.29. The second-order valence-corrected chi connectivity index (χ2v) is 7.87. The lowest BCUT2D eigenvalue weighted by Crippen LogP contribution is -2.50. The van der Waals surface area contributed by atoms with Gasteiger partial charge in [-0.25, -0.2) is 0 Å². The minimum absolute atomic E-state index is 0.521. The van der Waals surface area contributed by atoms with E-state index in [0.29, 0.717) is 16.4 Å². The minimum Gasteiger partial charge on any atom is -0.314 e. The van der Waals surface area contributed by atoms with E-state index in [0.717, 1.165) is 11.3 Å². The highest BCUT2D eigenvalue weighted by Crippen LogP contribution is 2.84. The van der Waals surface area contributed by atoms with Crippen molar-refractivity contribution in [2.24, 2.45) is 22.2 Å². The third-order valence-electron chi connectivity index (χ3n) is 6.84. The summed E-state index contributed by atoms with van der Waals surface area (Å²) in [6.07, 6.45) is 9.02. The van der Waals surface area contributed by atoms with Crippen molar-refractivity contribution in [2.75, 3.05) is 7.05 Å². The molecule has 1 heteroatoms. The first-order chi connectivity index (χ1) is 6.95. The van der Waals surface area contributed by atoms with Crippen LogP contribution in [-0.4, -0.2) is 12.6 Å². The van der Waals surface area contributed by atoms with Gasteiger partial charge in [0.25, 0.3) is 0 Å². The molecule has 4 aliphatic rings. The molecular weight excluding hydrogens is 182 g/mol. The highest BCUT2D eigenvalue weighted by Gasteiger charge is 2.78. The van der Waals surface area contributed by atoms with E-state index in [1.807, 2.05) is 0 Å². The smallest absolute Gasteiger partial charge is 0.0194 e. The van der Waals surface area contributed by atoms with Crippen LogP contribution in [-0.2, 0) is 0 Å². The van der Waals surface area contributed by atoms with Gasteiger partial charge >= 0.3 is 0 Å². The van der Waals surface area contributed by atoms with Gasteiger partial charge in [-0.1, -0.05) is 13.8 Å². The molecule has 5 unspecified atom stereocenters. The molecular formula is C14H23N. The number of nitrogens with one attached hydrogen (secondary N) is 1. The van der Waals surface area contributed by atoms with Gasteiger partial charge in [-0.15, -0.1) is 0 Å². The van der Waals surface area contributed by atoms with Crippen molar-refractivity contribution in [3.05, 3.63) is 0 Å². The largest absolute Gasteiger partial charge is 0.314 e. The van der Waals surface area contributed by atoms with E-state index in [2.05, 4.69) is 26.2 Å². The Bertz CT molecular complexity index is 347. The summed E-state index contributed by atoms with van der Waals surface area (Å²) in [5, 5.41) is 3.71. The van der Waals surface area contributed by atoms with E-state index in [4.69, 9.17) is 0 Å². The van der Waals surface area contributed by atoms with Crippen LogP contribution in [0.25, 0.3) is 0 Å². The third kappa shape index (κ3) is 0.740. The van der Waals surface area contributed by atoms with Gasteiger partial charge in [-0.2, -0.15) is 0 Å². The van der Waals surface area contributed by atoms with Crippen LogP contribution in [0.1, 0.15) is 52.4 Å². The maximum atomic E-state index is 3.71. The van der Waals surface area contributed by atoms with Gasteiger partial charge in [0, 0.05) is 5.54 Å². The molecule has 0 radical (unpaired) electrons. The fraction of sp³-hybridized carbons (Fsp3) is 1.00. The van der Waals surface area contributed by atoms with E-state index in [9.17, 15) is 0 Å². The van der Waals surface area contributed by atoms with Gasteiger partial charge < -0.3 is 5.32 Å². The Hall–Kier alpha value is -0.0400. The molecule has 0 saturated heterocycles. The molecule has 0 aromatic heterocycles. The monoisotopic (exact) mass is 205 g/mol. The molecule has 5 atom stereocenters. The van der Waals surface area contributed by atoms with Crippen LogP contribution in [0.2, 0.25) is 0 Å². The molecule has 4 saturated carbocycles. The summed E-state index contributed by atoms with van der Waals surface area (Å²) < 4.78 is 0. The molecule has 4 rings (SSSR count). The van der Waals surface area contributed by atoms with E-state index < -0.39 is 0 Å². The van der Waals surface area contributed by atoms with E-state index in [1.165, 1.54) is 32.1 Å². The van der Waals surface area contributed by atoms with Crippen LogP contribution < -0.4 is 5.32 Å². The van der Waals surface area contributed by atoms with Crippen LogP contribution >= 0.6 is 0 Å². The molecule has 0 aliphatic heterocycles. The summed E-state index contributed by atoms with van der Waals surface area (Å²) in [7, 11) is 2.20. The molecule has 0 heterocycles. The summed E-state index contributed by atoms with van der Waals surface area (Å²) in [6, 6.07) is 0. The van der Waals surface area contributed by atoms with Crippen LogP contribution in [0, 0.1) is 22.2 Å². The second-order valence-electron chi connectivity index (χ2n) is 7.87. The van der Waals surface area contributed by atoms with Gasteiger partial charge in [-0.3, -0.25) is 0 Å². The van der Waals surface area contributed by atoms with Gasteiger partial charge in [0.1, 0.15) is 0 Å². The average molecular weight is 205 g/mol. The van der Waals surface area contributed by atoms with Crippen LogP contribution in [0.15, 0.2) is 0 Å². The second kappa shape index (κ2) is 2.03. The standard InChI is InChI=1S/C14H23N/c1-11-4-10-5-12(2)8-13(6-11,15-3)9-14(10,12)7-11/h10,15H,4-9H2,1-3H3. The Kier molecular flexibility index (Phi) is 1.23. The first-order valence-electron chi connectivity index (χ1n) is 6.64. The first kappa shape index (κ1) is 9.04. The maximum Gasteiger partial charge on any atom is 0.0194 e. The van der Waals surface area contributed by atoms with Crippen molar-refractivity contribution < 1.29 is 0 Å². The molecule has 1 N–H and O–H groups in total. The molecule has 0 aromatic carbocycles. The average Bonchev–Trinajstić information content (AvgIpc) is 2.39. The molecule has 3 bridgehead atoms. The van der Waals surface area contributed by atoms with Crippen molar-refractivity contribution in [3.63, 3.8) is 0 Å². The normalized spacial score (nSPS) is 69.4. The quantitative estimate of drug-likeness (QED) is 0.694. The number of hydrogen-bond acceptors (Lipinski definition) is 1. The summed E-state index contributed by atoms with van der Waals surface area (Å²) >= 11 is 0. The Morgan fingerprint density at radius 1 is 1.00 bits per heavy atom. The van der Waals surface area contributed by atoms with E-state index in [1.54, 1.807) is 6.42 Å². The van der Waals surface area contributed by atoms with Crippen LogP contribution in [0.3, 0.4) is 0 Å². The lowest BCUT2D eigenvalue weighted by atomic mass is 9.47. The van der Waals surface area contributed by atoms with Gasteiger partial charge in [0.15, 0.2) is 0 Å². The van der Waals surface area contributed by atoms with E-state index in [-0.39, 0.29) is 0 Å². The SMILES string of the molecule is CNC12CC3(C)CC4CC(C)(C1)C4(C3)C2. The Balaban J connectivity index is 1.89. The lowest BCUT2D eigenvalue weighted by molar-refractivity contribution is -0.0865. The van der Waals surface area contributed by atoms with E-state index >= 15 is 0 Å². The highest BCUT2D eigenvalue weighted by atomic mass is 15.0. The molecule has 4 fully saturated rings. The lowest BCUT2D eigenvalue weighted by Gasteiger charge is -2.57. The molecule has 0 amide bonds. The molecule has 15 heavy (non-hydrogen) atoms. The van der Waals surface area contributed by atoms with Crippen LogP contribution in [0.5, 0.6) is 0 Å². The van der Waals surface area contributed by atoms with Crippen molar-refractivity contribution in [3.8, 4) is 0 Å². The van der Waals surface area contributed by atoms with Gasteiger partial charge in [0.05, 0.1) is 0 Å². The maximum absolute atomic E-state index is 3.71. The summed E-state index contributed by atoms with van der Waals surface area (Å²) in [6.45, 7) is 5.14. The molecule has 84 valence electrons. The Morgan fingerprint density at radius 2 is 1.80 bits per heavy atom. The van der Waals surface area contributed by atoms with Crippen LogP contribution in [0.4, 0.5) is 0 Å². The molecule has 1 spiro atoms. The number of hydrogen-bond donors (Lipinski definition) is 1. The van der Waals surface area contributed by atoms with Crippen molar-refractivity contribution in [1.29, 1.82) is 0 Å². The Morgan fingerprint density at radius 3 is 2.53 bits per heavy atom. The molecule has 4 aliphatic carbocycles. The van der Waals surface area contributed by atoms with Gasteiger partial charge in [-0.05, 0) is 67.7 Å². The predicted octanol–water partition coefficient (Wildman–Crippen LogP) is 2.95. The summed E-state index contributed by atoms with van der Waals surface area (Å²) in [5.41, 5.74) is 2.67. The summed E-state index contributed by atoms with van der Waals surface area (Å²) in [4.78, 5) is 0. The number of fused-ring (bicyclic) bond motifs is 2. The third-order valence-corrected chi connectivity index (χ3v) is 6.84. The van der Waals surface area contributed by atoms with Crippen molar-refractivity contribution in [1.82, 2.24) is 5.32 Å². The zero-order valence-electron chi connectivity index (χ0n) is 10.3. The first-order valence-corrected chi connectivity index (χ1v) is 6.64. The fourth-order valence-corrected chi connectivity index (χ4v) is 6.78. The topological polar surface area (TPSA) is 12.0 Å².